The Bertz CT molecular complexity index is 1150. The third-order valence-electron chi connectivity index (χ3n) is 5.06. The summed E-state index contributed by atoms with van der Waals surface area (Å²) in [7, 11) is -0.0237. The minimum atomic E-state index is -3.90. The van der Waals surface area contributed by atoms with E-state index in [-0.39, 0.29) is 34.0 Å². The van der Waals surface area contributed by atoms with Crippen molar-refractivity contribution in [3.8, 4) is 0 Å². The molecule has 0 heterocycles. The number of hydrogen-bond donors (Lipinski definition) is 2. The van der Waals surface area contributed by atoms with Crippen LogP contribution in [0.2, 0.25) is 5.02 Å². The van der Waals surface area contributed by atoms with Gasteiger partial charge in [-0.15, -0.1) is 0 Å². The van der Waals surface area contributed by atoms with Gasteiger partial charge in [-0.3, -0.25) is 4.79 Å². The number of benzene rings is 3. The Morgan fingerprint density at radius 1 is 0.969 bits per heavy atom. The average molecular weight is 472 g/mol. The molecule has 1 amide bonds. The fourth-order valence-electron chi connectivity index (χ4n) is 3.27. The molecule has 0 aliphatic rings. The second-order valence-corrected chi connectivity index (χ2v) is 9.70. The topological polar surface area (TPSA) is 78.5 Å². The van der Waals surface area contributed by atoms with Gasteiger partial charge in [-0.1, -0.05) is 72.3 Å². The molecular formula is C24H26ClN3O3S. The Morgan fingerprint density at radius 2 is 1.59 bits per heavy atom. The van der Waals surface area contributed by atoms with Crippen LogP contribution in [0, 0.1) is 0 Å². The first-order valence-electron chi connectivity index (χ1n) is 10.1. The minimum absolute atomic E-state index is 0.0248. The number of carbonyl (C=O) groups is 1. The van der Waals surface area contributed by atoms with Crippen molar-refractivity contribution >= 4 is 27.5 Å². The first-order chi connectivity index (χ1) is 15.3. The molecule has 0 aliphatic heterocycles. The van der Waals surface area contributed by atoms with Crippen molar-refractivity contribution in [1.82, 2.24) is 14.9 Å². The molecule has 3 aromatic rings. The van der Waals surface area contributed by atoms with E-state index in [1.54, 1.807) is 0 Å². The van der Waals surface area contributed by atoms with Gasteiger partial charge in [0, 0.05) is 18.7 Å². The largest absolute Gasteiger partial charge is 0.350 e. The number of amides is 1. The zero-order chi connectivity index (χ0) is 23.1. The van der Waals surface area contributed by atoms with E-state index < -0.39 is 10.0 Å². The van der Waals surface area contributed by atoms with Gasteiger partial charge in [-0.05, 0) is 43.4 Å². The number of carbonyl (C=O) groups excluding carboxylic acids is 1. The molecule has 32 heavy (non-hydrogen) atoms. The lowest BCUT2D eigenvalue weighted by Gasteiger charge is -2.25. The Hall–Kier alpha value is -2.71. The van der Waals surface area contributed by atoms with Crippen LogP contribution in [-0.4, -0.2) is 39.9 Å². The summed E-state index contributed by atoms with van der Waals surface area (Å²) in [4.78, 5) is 14.7. The van der Waals surface area contributed by atoms with Gasteiger partial charge in [-0.25, -0.2) is 13.1 Å². The van der Waals surface area contributed by atoms with E-state index in [2.05, 4.69) is 10.0 Å². The predicted molar refractivity (Wildman–Crippen MR) is 127 cm³/mol. The summed E-state index contributed by atoms with van der Waals surface area (Å²) < 4.78 is 28.1. The van der Waals surface area contributed by atoms with Crippen LogP contribution in [-0.2, 0) is 16.6 Å². The second kappa shape index (κ2) is 10.7. The standard InChI is InChI=1S/C24H26ClN3O3S/c1-28(2)22(19-11-7-4-8-12-19)17-26-24(29)20-13-14-21(25)23(15-20)32(30,31)27-16-18-9-5-3-6-10-18/h3-15,22,27H,16-17H2,1-2H3,(H,26,29). The summed E-state index contributed by atoms with van der Waals surface area (Å²) in [5, 5.41) is 2.95. The molecule has 0 aromatic heterocycles. The monoisotopic (exact) mass is 471 g/mol. The fraction of sp³-hybridized carbons (Fsp3) is 0.208. The highest BCUT2D eigenvalue weighted by Crippen LogP contribution is 2.23. The maximum atomic E-state index is 12.8. The van der Waals surface area contributed by atoms with Crippen molar-refractivity contribution in [3.05, 3.63) is 101 Å². The first kappa shape index (κ1) is 23.9. The van der Waals surface area contributed by atoms with Gasteiger partial charge in [0.25, 0.3) is 5.91 Å². The highest BCUT2D eigenvalue weighted by Gasteiger charge is 2.21. The minimum Gasteiger partial charge on any atom is -0.350 e. The lowest BCUT2D eigenvalue weighted by molar-refractivity contribution is 0.0941. The molecule has 8 heteroatoms. The van der Waals surface area contributed by atoms with E-state index in [1.165, 1.54) is 18.2 Å². The molecule has 0 fully saturated rings. The number of halogens is 1. The van der Waals surface area contributed by atoms with E-state index in [0.29, 0.717) is 6.54 Å². The number of likely N-dealkylation sites (N-methyl/N-ethyl adjacent to an activating group) is 1. The number of nitrogens with one attached hydrogen (secondary N) is 2. The maximum Gasteiger partial charge on any atom is 0.251 e. The third kappa shape index (κ3) is 6.17. The van der Waals surface area contributed by atoms with Crippen LogP contribution < -0.4 is 10.0 Å². The Balaban J connectivity index is 1.73. The smallest absolute Gasteiger partial charge is 0.251 e. The molecular weight excluding hydrogens is 446 g/mol. The Labute approximate surface area is 194 Å². The highest BCUT2D eigenvalue weighted by atomic mass is 35.5. The van der Waals surface area contributed by atoms with Gasteiger partial charge < -0.3 is 10.2 Å². The number of hydrogen-bond acceptors (Lipinski definition) is 4. The SMILES string of the molecule is CN(C)C(CNC(=O)c1ccc(Cl)c(S(=O)(=O)NCc2ccccc2)c1)c1ccccc1. The van der Waals surface area contributed by atoms with Gasteiger partial charge in [0.2, 0.25) is 10.0 Å². The number of rotatable bonds is 9. The van der Waals surface area contributed by atoms with Crippen LogP contribution in [0.5, 0.6) is 0 Å². The van der Waals surface area contributed by atoms with Gasteiger partial charge in [0.1, 0.15) is 4.90 Å². The zero-order valence-electron chi connectivity index (χ0n) is 18.0. The molecule has 0 saturated carbocycles. The van der Waals surface area contributed by atoms with E-state index in [0.717, 1.165) is 11.1 Å². The molecule has 0 spiro atoms. The van der Waals surface area contributed by atoms with Crippen molar-refractivity contribution < 1.29 is 13.2 Å². The molecule has 2 N–H and O–H groups in total. The van der Waals surface area contributed by atoms with Crippen LogP contribution in [0.3, 0.4) is 0 Å². The zero-order valence-corrected chi connectivity index (χ0v) is 19.5. The van der Waals surface area contributed by atoms with E-state index >= 15 is 0 Å². The molecule has 0 radical (unpaired) electrons. The first-order valence-corrected chi connectivity index (χ1v) is 12.0. The van der Waals surface area contributed by atoms with Crippen molar-refractivity contribution in [2.75, 3.05) is 20.6 Å². The van der Waals surface area contributed by atoms with Crippen LogP contribution in [0.15, 0.2) is 83.8 Å². The molecule has 0 saturated heterocycles. The van der Waals surface area contributed by atoms with Crippen molar-refractivity contribution in [2.45, 2.75) is 17.5 Å². The van der Waals surface area contributed by atoms with E-state index in [4.69, 9.17) is 11.6 Å². The van der Waals surface area contributed by atoms with Crippen molar-refractivity contribution in [1.29, 1.82) is 0 Å². The van der Waals surface area contributed by atoms with Gasteiger partial charge >= 0.3 is 0 Å². The quantitative estimate of drug-likeness (QED) is 0.497. The summed E-state index contributed by atoms with van der Waals surface area (Å²) in [5.74, 6) is -0.371. The highest BCUT2D eigenvalue weighted by molar-refractivity contribution is 7.89. The Morgan fingerprint density at radius 3 is 2.22 bits per heavy atom. The molecule has 3 rings (SSSR count). The lowest BCUT2D eigenvalue weighted by Crippen LogP contribution is -2.34. The van der Waals surface area contributed by atoms with Crippen LogP contribution in [0.1, 0.15) is 27.5 Å². The molecule has 168 valence electrons. The van der Waals surface area contributed by atoms with Gasteiger partial charge in [0.05, 0.1) is 11.1 Å². The summed E-state index contributed by atoms with van der Waals surface area (Å²) >= 11 is 6.16. The average Bonchev–Trinajstić information content (AvgIpc) is 2.79. The van der Waals surface area contributed by atoms with E-state index in [9.17, 15) is 13.2 Å². The Kier molecular flexibility index (Phi) is 8.04. The van der Waals surface area contributed by atoms with E-state index in [1.807, 2.05) is 79.7 Å². The third-order valence-corrected chi connectivity index (χ3v) is 6.94. The number of sulfonamides is 1. The maximum absolute atomic E-state index is 12.8. The summed E-state index contributed by atoms with van der Waals surface area (Å²) in [6, 6.07) is 23.2. The molecule has 3 aromatic carbocycles. The van der Waals surface area contributed by atoms with Crippen LogP contribution in [0.25, 0.3) is 0 Å². The molecule has 1 atom stereocenters. The summed E-state index contributed by atoms with van der Waals surface area (Å²) in [5.41, 5.74) is 2.11. The molecule has 0 bridgehead atoms. The molecule has 6 nitrogen and oxygen atoms in total. The van der Waals surface area contributed by atoms with Crippen molar-refractivity contribution in [3.63, 3.8) is 0 Å². The lowest BCUT2D eigenvalue weighted by atomic mass is 10.1. The molecule has 1 unspecified atom stereocenters. The van der Waals surface area contributed by atoms with Crippen LogP contribution >= 0.6 is 11.6 Å². The summed E-state index contributed by atoms with van der Waals surface area (Å²) in [6.07, 6.45) is 0. The van der Waals surface area contributed by atoms with Gasteiger partial charge in [-0.2, -0.15) is 0 Å². The second-order valence-electron chi connectivity index (χ2n) is 7.56. The fourth-order valence-corrected chi connectivity index (χ4v) is 4.81. The van der Waals surface area contributed by atoms with Crippen LogP contribution in [0.4, 0.5) is 0 Å². The predicted octanol–water partition coefficient (Wildman–Crippen LogP) is 3.85. The van der Waals surface area contributed by atoms with Crippen molar-refractivity contribution in [2.24, 2.45) is 0 Å². The normalized spacial score (nSPS) is 12.5. The number of nitrogens with zero attached hydrogens (tertiary/aromatic N) is 1. The van der Waals surface area contributed by atoms with Gasteiger partial charge in [0.15, 0.2) is 0 Å². The summed E-state index contributed by atoms with van der Waals surface area (Å²) in [6.45, 7) is 0.490. The molecule has 0 aliphatic carbocycles.